The van der Waals surface area contributed by atoms with Gasteiger partial charge in [0.2, 0.25) is 0 Å². The number of benzene rings is 2. The Bertz CT molecular complexity index is 594. The monoisotopic (exact) mass is 340 g/mol. The average molecular weight is 341 g/mol. The molecule has 1 aliphatic carbocycles. The van der Waals surface area contributed by atoms with Crippen LogP contribution in [0.1, 0.15) is 80.9 Å². The molecule has 0 aromatic heterocycles. The van der Waals surface area contributed by atoms with Crippen LogP contribution >= 0.6 is 12.6 Å². The maximum Gasteiger partial charge on any atom is 0.00401 e. The fraction of sp³-hybridized carbons (Fsp3) is 0.478. The summed E-state index contributed by atoms with van der Waals surface area (Å²) >= 11 is 4.23. The number of rotatable bonds is 3. The number of thiol groups is 1. The third kappa shape index (κ3) is 6.02. The maximum atomic E-state index is 4.23. The quantitative estimate of drug-likeness (QED) is 0.548. The molecule has 1 saturated carbocycles. The van der Waals surface area contributed by atoms with E-state index in [1.165, 1.54) is 49.7 Å². The summed E-state index contributed by atoms with van der Waals surface area (Å²) in [6.45, 7) is 6.64. The predicted octanol–water partition coefficient (Wildman–Crippen LogP) is 7.53. The zero-order valence-corrected chi connectivity index (χ0v) is 16.4. The molecule has 1 atom stereocenters. The highest BCUT2D eigenvalue weighted by atomic mass is 32.1. The molecule has 0 radical (unpaired) electrons. The van der Waals surface area contributed by atoms with E-state index in [2.05, 4.69) is 69.8 Å². The van der Waals surface area contributed by atoms with Gasteiger partial charge in [0.1, 0.15) is 0 Å². The van der Waals surface area contributed by atoms with Gasteiger partial charge in [0, 0.05) is 4.90 Å². The fourth-order valence-corrected chi connectivity index (χ4v) is 3.55. The van der Waals surface area contributed by atoms with Gasteiger partial charge in [-0.15, -0.1) is 12.6 Å². The van der Waals surface area contributed by atoms with Crippen molar-refractivity contribution in [2.75, 3.05) is 0 Å². The van der Waals surface area contributed by atoms with Crippen LogP contribution in [0.15, 0.2) is 53.4 Å². The smallest absolute Gasteiger partial charge is 0.00401 e. The fourth-order valence-electron chi connectivity index (χ4n) is 3.40. The molecule has 3 rings (SSSR count). The first-order chi connectivity index (χ1) is 11.6. The lowest BCUT2D eigenvalue weighted by atomic mass is 9.84. The molecule has 1 aliphatic rings. The van der Waals surface area contributed by atoms with Crippen molar-refractivity contribution >= 4 is 12.6 Å². The summed E-state index contributed by atoms with van der Waals surface area (Å²) in [7, 11) is 0. The Morgan fingerprint density at radius 3 is 2.25 bits per heavy atom. The van der Waals surface area contributed by atoms with E-state index >= 15 is 0 Å². The summed E-state index contributed by atoms with van der Waals surface area (Å²) in [6.07, 6.45) is 8.32. The van der Waals surface area contributed by atoms with Gasteiger partial charge in [-0.25, -0.2) is 0 Å². The lowest BCUT2D eigenvalue weighted by Gasteiger charge is -2.22. The second-order valence-corrected chi connectivity index (χ2v) is 7.67. The standard InChI is InChI=1S/C13H18.C10H14S/c1-11-6-5-9-13(10-11)12-7-3-2-4-8-12;1-3-8(2)9-4-6-10(11)7-5-9/h5-6,9-10,12H,2-4,7-8H2,1H3;4-8,11H,3H2,1-2H3. The predicted molar refractivity (Wildman–Crippen MR) is 109 cm³/mol. The van der Waals surface area contributed by atoms with E-state index in [0.29, 0.717) is 5.92 Å². The summed E-state index contributed by atoms with van der Waals surface area (Å²) in [6, 6.07) is 17.4. The molecule has 24 heavy (non-hydrogen) atoms. The van der Waals surface area contributed by atoms with Crippen LogP contribution in [0.3, 0.4) is 0 Å². The molecule has 0 aliphatic heterocycles. The molecule has 0 amide bonds. The Kier molecular flexibility index (Phi) is 7.91. The Morgan fingerprint density at radius 1 is 1.00 bits per heavy atom. The van der Waals surface area contributed by atoms with Gasteiger partial charge in [-0.05, 0) is 61.3 Å². The summed E-state index contributed by atoms with van der Waals surface area (Å²) in [4.78, 5) is 1.04. The van der Waals surface area contributed by atoms with E-state index in [1.807, 2.05) is 12.1 Å². The van der Waals surface area contributed by atoms with Crippen molar-refractivity contribution in [3.63, 3.8) is 0 Å². The maximum absolute atomic E-state index is 4.23. The zero-order chi connectivity index (χ0) is 17.4. The molecule has 0 heterocycles. The minimum absolute atomic E-state index is 0.670. The molecular formula is C23H32S. The second-order valence-electron chi connectivity index (χ2n) is 7.15. The van der Waals surface area contributed by atoms with Gasteiger partial charge in [-0.2, -0.15) is 0 Å². The van der Waals surface area contributed by atoms with Crippen molar-refractivity contribution in [2.45, 2.75) is 76.0 Å². The summed E-state index contributed by atoms with van der Waals surface area (Å²) in [5, 5.41) is 0. The largest absolute Gasteiger partial charge is 0.143 e. The van der Waals surface area contributed by atoms with E-state index in [-0.39, 0.29) is 0 Å². The third-order valence-corrected chi connectivity index (χ3v) is 5.49. The van der Waals surface area contributed by atoms with Gasteiger partial charge < -0.3 is 0 Å². The Labute approximate surface area is 154 Å². The van der Waals surface area contributed by atoms with Crippen LogP contribution in [-0.4, -0.2) is 0 Å². The lowest BCUT2D eigenvalue weighted by molar-refractivity contribution is 0.443. The molecule has 0 bridgehead atoms. The van der Waals surface area contributed by atoms with Gasteiger partial charge in [0.15, 0.2) is 0 Å². The molecule has 1 unspecified atom stereocenters. The molecule has 0 saturated heterocycles. The molecular weight excluding hydrogens is 308 g/mol. The molecule has 1 fully saturated rings. The Morgan fingerprint density at radius 2 is 1.67 bits per heavy atom. The Balaban J connectivity index is 0.000000177. The van der Waals surface area contributed by atoms with Crippen molar-refractivity contribution in [1.82, 2.24) is 0 Å². The highest BCUT2D eigenvalue weighted by Gasteiger charge is 2.14. The van der Waals surface area contributed by atoms with E-state index in [9.17, 15) is 0 Å². The van der Waals surface area contributed by atoms with E-state index in [0.717, 1.165) is 10.8 Å². The molecule has 2 aromatic rings. The van der Waals surface area contributed by atoms with Crippen LogP contribution in [-0.2, 0) is 0 Å². The Hall–Kier alpha value is -1.21. The molecule has 130 valence electrons. The minimum atomic E-state index is 0.670. The number of hydrogen-bond acceptors (Lipinski definition) is 1. The van der Waals surface area contributed by atoms with Gasteiger partial charge in [0.05, 0.1) is 0 Å². The van der Waals surface area contributed by atoms with E-state index in [1.54, 1.807) is 5.56 Å². The van der Waals surface area contributed by atoms with Crippen LogP contribution in [0.5, 0.6) is 0 Å². The molecule has 2 aromatic carbocycles. The van der Waals surface area contributed by atoms with Crippen molar-refractivity contribution in [2.24, 2.45) is 0 Å². The SMILES string of the molecule is CCC(C)c1ccc(S)cc1.Cc1cccc(C2CCCCC2)c1. The third-order valence-electron chi connectivity index (χ3n) is 5.19. The highest BCUT2D eigenvalue weighted by Crippen LogP contribution is 2.32. The van der Waals surface area contributed by atoms with Crippen LogP contribution in [0.25, 0.3) is 0 Å². The first-order valence-electron chi connectivity index (χ1n) is 9.45. The number of hydrogen-bond donors (Lipinski definition) is 1. The molecule has 0 nitrogen and oxygen atoms in total. The van der Waals surface area contributed by atoms with Crippen molar-refractivity contribution < 1.29 is 0 Å². The lowest BCUT2D eigenvalue weighted by Crippen LogP contribution is -2.04. The first-order valence-corrected chi connectivity index (χ1v) is 9.90. The molecule has 1 heteroatoms. The van der Waals surface area contributed by atoms with Crippen LogP contribution in [0.4, 0.5) is 0 Å². The summed E-state index contributed by atoms with van der Waals surface area (Å²) < 4.78 is 0. The van der Waals surface area contributed by atoms with Crippen molar-refractivity contribution in [3.05, 3.63) is 65.2 Å². The second kappa shape index (κ2) is 9.93. The van der Waals surface area contributed by atoms with Gasteiger partial charge in [0.25, 0.3) is 0 Å². The van der Waals surface area contributed by atoms with Gasteiger partial charge in [-0.3, -0.25) is 0 Å². The first kappa shape index (κ1) is 19.1. The summed E-state index contributed by atoms with van der Waals surface area (Å²) in [5.41, 5.74) is 4.38. The van der Waals surface area contributed by atoms with Crippen LogP contribution in [0.2, 0.25) is 0 Å². The topological polar surface area (TPSA) is 0 Å². The summed E-state index contributed by atoms with van der Waals surface area (Å²) in [5.74, 6) is 1.53. The van der Waals surface area contributed by atoms with E-state index in [4.69, 9.17) is 0 Å². The minimum Gasteiger partial charge on any atom is -0.143 e. The van der Waals surface area contributed by atoms with Crippen LogP contribution in [0, 0.1) is 6.92 Å². The van der Waals surface area contributed by atoms with Gasteiger partial charge >= 0.3 is 0 Å². The molecule has 0 N–H and O–H groups in total. The van der Waals surface area contributed by atoms with E-state index < -0.39 is 0 Å². The van der Waals surface area contributed by atoms with Crippen molar-refractivity contribution in [1.29, 1.82) is 0 Å². The normalized spacial score (nSPS) is 16.2. The molecule has 0 spiro atoms. The zero-order valence-electron chi connectivity index (χ0n) is 15.5. The van der Waals surface area contributed by atoms with Crippen LogP contribution < -0.4 is 0 Å². The van der Waals surface area contributed by atoms with Gasteiger partial charge in [-0.1, -0.05) is 75.1 Å². The number of aryl methyl sites for hydroxylation is 1. The van der Waals surface area contributed by atoms with Crippen molar-refractivity contribution in [3.8, 4) is 0 Å². The average Bonchev–Trinajstić information content (AvgIpc) is 2.63. The highest BCUT2D eigenvalue weighted by molar-refractivity contribution is 7.80.